The van der Waals surface area contributed by atoms with Crippen molar-refractivity contribution in [1.29, 1.82) is 0 Å². The molecule has 2 nitrogen and oxygen atoms in total. The summed E-state index contributed by atoms with van der Waals surface area (Å²) < 4.78 is 40.1. The van der Waals surface area contributed by atoms with E-state index in [2.05, 4.69) is 9.80 Å². The Morgan fingerprint density at radius 3 is 2.26 bits per heavy atom. The van der Waals surface area contributed by atoms with Gasteiger partial charge in [-0.15, -0.1) is 0 Å². The normalized spacial score (nSPS) is 25.6. The summed E-state index contributed by atoms with van der Waals surface area (Å²) >= 11 is 18.7. The van der Waals surface area contributed by atoms with Crippen LogP contribution in [-0.2, 0) is 0 Å². The van der Waals surface area contributed by atoms with Crippen LogP contribution >= 0.6 is 34.8 Å². The molecule has 1 aliphatic heterocycles. The van der Waals surface area contributed by atoms with Gasteiger partial charge in [-0.2, -0.15) is 13.2 Å². The predicted molar refractivity (Wildman–Crippen MR) is 121 cm³/mol. The largest absolute Gasteiger partial charge is 0.391 e. The Bertz CT molecular complexity index is 904. The van der Waals surface area contributed by atoms with E-state index in [0.717, 1.165) is 17.7 Å². The Morgan fingerprint density at radius 2 is 1.58 bits per heavy atom. The van der Waals surface area contributed by atoms with Crippen LogP contribution in [0.25, 0.3) is 0 Å². The number of nitrogens with zero attached hydrogens (tertiary/aromatic N) is 2. The summed E-state index contributed by atoms with van der Waals surface area (Å²) in [5.41, 5.74) is 1.94. The Labute approximate surface area is 195 Å². The van der Waals surface area contributed by atoms with Gasteiger partial charge >= 0.3 is 6.18 Å². The molecule has 1 aliphatic carbocycles. The van der Waals surface area contributed by atoms with Crippen molar-refractivity contribution in [1.82, 2.24) is 4.90 Å². The number of rotatable bonds is 3. The third-order valence-electron chi connectivity index (χ3n) is 6.51. The summed E-state index contributed by atoms with van der Waals surface area (Å²) in [7, 11) is 0. The lowest BCUT2D eigenvalue weighted by Gasteiger charge is -2.47. The molecule has 2 aromatic carbocycles. The van der Waals surface area contributed by atoms with Crippen molar-refractivity contribution in [2.24, 2.45) is 5.92 Å². The summed E-state index contributed by atoms with van der Waals surface area (Å²) in [6.07, 6.45) is -2.28. The van der Waals surface area contributed by atoms with Gasteiger partial charge in [-0.25, -0.2) is 0 Å². The fourth-order valence-electron chi connectivity index (χ4n) is 4.90. The summed E-state index contributed by atoms with van der Waals surface area (Å²) in [6, 6.07) is 13.0. The van der Waals surface area contributed by atoms with Gasteiger partial charge in [0, 0.05) is 35.7 Å². The number of benzene rings is 2. The van der Waals surface area contributed by atoms with Crippen molar-refractivity contribution < 1.29 is 13.2 Å². The number of hydrogen-bond acceptors (Lipinski definition) is 2. The molecule has 4 rings (SSSR count). The highest BCUT2D eigenvalue weighted by molar-refractivity contribution is 6.36. The van der Waals surface area contributed by atoms with E-state index in [-0.39, 0.29) is 24.9 Å². The minimum Gasteiger partial charge on any atom is -0.361 e. The fraction of sp³-hybridized carbons (Fsp3) is 0.478. The topological polar surface area (TPSA) is 6.48 Å². The molecule has 0 N–H and O–H groups in total. The third-order valence-corrected chi connectivity index (χ3v) is 7.30. The molecular formula is C23H24Cl3F3N2. The Kier molecular flexibility index (Phi) is 6.97. The average molecular weight is 492 g/mol. The van der Waals surface area contributed by atoms with Crippen LogP contribution < -0.4 is 4.90 Å². The van der Waals surface area contributed by atoms with Crippen molar-refractivity contribution >= 4 is 40.5 Å². The smallest absolute Gasteiger partial charge is 0.361 e. The molecule has 8 heteroatoms. The molecule has 1 saturated heterocycles. The minimum atomic E-state index is -4.12. The lowest BCUT2D eigenvalue weighted by atomic mass is 9.83. The van der Waals surface area contributed by atoms with Gasteiger partial charge in [0.15, 0.2) is 0 Å². The molecule has 0 aromatic heterocycles. The molecule has 0 radical (unpaired) electrons. The van der Waals surface area contributed by atoms with Crippen molar-refractivity contribution in [3.8, 4) is 0 Å². The first kappa shape index (κ1) is 23.0. The highest BCUT2D eigenvalue weighted by Gasteiger charge is 2.44. The van der Waals surface area contributed by atoms with E-state index in [1.54, 1.807) is 6.07 Å². The van der Waals surface area contributed by atoms with E-state index in [4.69, 9.17) is 34.8 Å². The van der Waals surface area contributed by atoms with Gasteiger partial charge in [0.2, 0.25) is 0 Å². The zero-order chi connectivity index (χ0) is 22.2. The van der Waals surface area contributed by atoms with E-state index in [0.29, 0.717) is 41.1 Å². The monoisotopic (exact) mass is 490 g/mol. The maximum Gasteiger partial charge on any atom is 0.391 e. The van der Waals surface area contributed by atoms with Gasteiger partial charge in [0.1, 0.15) is 0 Å². The van der Waals surface area contributed by atoms with Gasteiger partial charge in [0.05, 0.1) is 22.7 Å². The van der Waals surface area contributed by atoms with E-state index >= 15 is 0 Å². The first-order valence-electron chi connectivity index (χ1n) is 10.5. The lowest BCUT2D eigenvalue weighted by Crippen LogP contribution is -2.53. The van der Waals surface area contributed by atoms with E-state index < -0.39 is 12.1 Å². The summed E-state index contributed by atoms with van der Waals surface area (Å²) in [5, 5.41) is 1.78. The molecule has 2 fully saturated rings. The second-order valence-corrected chi connectivity index (χ2v) is 9.69. The molecule has 31 heavy (non-hydrogen) atoms. The molecule has 1 heterocycles. The number of halogens is 6. The van der Waals surface area contributed by atoms with Gasteiger partial charge < -0.3 is 4.90 Å². The highest BCUT2D eigenvalue weighted by atomic mass is 35.5. The standard InChI is InChI=1S/C23H24Cl3F3N2/c24-17-6-4-15(5-7-17)22-14-30(19-3-1-2-16(12-19)23(27,28)29)10-11-31(22)21-9-8-18(25)13-20(21)26/h4-9,13,16,19,22H,1-3,10-12,14H2. The van der Waals surface area contributed by atoms with Gasteiger partial charge in [-0.05, 0) is 55.2 Å². The summed E-state index contributed by atoms with van der Waals surface area (Å²) in [5.74, 6) is -1.20. The maximum atomic E-state index is 13.4. The molecule has 0 spiro atoms. The number of hydrogen-bond donors (Lipinski definition) is 0. The van der Waals surface area contributed by atoms with Crippen molar-refractivity contribution in [3.05, 3.63) is 63.1 Å². The van der Waals surface area contributed by atoms with E-state index in [9.17, 15) is 13.2 Å². The van der Waals surface area contributed by atoms with Crippen LogP contribution in [0, 0.1) is 5.92 Å². The Balaban J connectivity index is 1.60. The molecule has 1 saturated carbocycles. The van der Waals surface area contributed by atoms with E-state index in [1.165, 1.54) is 0 Å². The fourth-order valence-corrected chi connectivity index (χ4v) is 5.54. The average Bonchev–Trinajstić information content (AvgIpc) is 2.74. The minimum absolute atomic E-state index is 0.0454. The van der Waals surface area contributed by atoms with Crippen LogP contribution in [0.3, 0.4) is 0 Å². The zero-order valence-corrected chi connectivity index (χ0v) is 19.2. The second-order valence-electron chi connectivity index (χ2n) is 8.41. The predicted octanol–water partition coefficient (Wildman–Crippen LogP) is 7.63. The van der Waals surface area contributed by atoms with Gasteiger partial charge in [0.25, 0.3) is 0 Å². The van der Waals surface area contributed by atoms with Crippen molar-refractivity contribution in [3.63, 3.8) is 0 Å². The highest BCUT2D eigenvalue weighted by Crippen LogP contribution is 2.42. The number of piperazine rings is 1. The molecule has 3 unspecified atom stereocenters. The molecule has 2 aromatic rings. The van der Waals surface area contributed by atoms with Gasteiger partial charge in [-0.3, -0.25) is 4.90 Å². The first-order valence-corrected chi connectivity index (χ1v) is 11.6. The van der Waals surface area contributed by atoms with Crippen LogP contribution in [0.5, 0.6) is 0 Å². The van der Waals surface area contributed by atoms with Gasteiger partial charge in [-0.1, -0.05) is 53.4 Å². The molecule has 0 bridgehead atoms. The summed E-state index contributed by atoms with van der Waals surface area (Å²) in [6.45, 7) is 2.00. The van der Waals surface area contributed by atoms with Crippen LogP contribution in [0.4, 0.5) is 18.9 Å². The molecular weight excluding hydrogens is 468 g/mol. The summed E-state index contributed by atoms with van der Waals surface area (Å²) in [4.78, 5) is 4.46. The Morgan fingerprint density at radius 1 is 0.871 bits per heavy atom. The number of anilines is 1. The quantitative estimate of drug-likeness (QED) is 0.435. The zero-order valence-electron chi connectivity index (χ0n) is 16.9. The molecule has 0 amide bonds. The van der Waals surface area contributed by atoms with Crippen LogP contribution in [-0.4, -0.2) is 36.8 Å². The van der Waals surface area contributed by atoms with E-state index in [1.807, 2.05) is 36.4 Å². The van der Waals surface area contributed by atoms with Crippen LogP contribution in [0.15, 0.2) is 42.5 Å². The molecule has 3 atom stereocenters. The first-order chi connectivity index (χ1) is 14.7. The molecule has 2 aliphatic rings. The van der Waals surface area contributed by atoms with Crippen LogP contribution in [0.1, 0.15) is 37.3 Å². The molecule has 168 valence electrons. The number of alkyl halides is 3. The van der Waals surface area contributed by atoms with Crippen molar-refractivity contribution in [2.45, 2.75) is 43.9 Å². The third kappa shape index (κ3) is 5.27. The second kappa shape index (κ2) is 9.38. The SMILES string of the molecule is FC(F)(F)C1CCCC(N2CCN(c3ccc(Cl)cc3Cl)C(c3ccc(Cl)cc3)C2)C1. The van der Waals surface area contributed by atoms with Crippen molar-refractivity contribution in [2.75, 3.05) is 24.5 Å². The maximum absolute atomic E-state index is 13.4. The van der Waals surface area contributed by atoms with Crippen LogP contribution in [0.2, 0.25) is 15.1 Å². The Hall–Kier alpha value is -1.14. The lowest BCUT2D eigenvalue weighted by molar-refractivity contribution is -0.187.